The van der Waals surface area contributed by atoms with E-state index in [0.717, 1.165) is 12.8 Å². The predicted octanol–water partition coefficient (Wildman–Crippen LogP) is 1.53. The number of nitrogens with one attached hydrogen (secondary N) is 2. The Bertz CT molecular complexity index is 630. The van der Waals surface area contributed by atoms with Crippen molar-refractivity contribution in [3.8, 4) is 0 Å². The molecule has 1 aliphatic carbocycles. The van der Waals surface area contributed by atoms with Crippen LogP contribution in [0.2, 0.25) is 0 Å². The van der Waals surface area contributed by atoms with Gasteiger partial charge in [-0.2, -0.15) is 0 Å². The molecule has 1 amide bonds. The smallest absolute Gasteiger partial charge is 0.241 e. The van der Waals surface area contributed by atoms with Crippen LogP contribution in [-0.2, 0) is 14.8 Å². The Kier molecular flexibility index (Phi) is 6.80. The molecule has 0 radical (unpaired) electrons. The molecule has 8 heteroatoms. The van der Waals surface area contributed by atoms with E-state index in [0.29, 0.717) is 30.6 Å². The molecule has 1 aromatic carbocycles. The highest BCUT2D eigenvalue weighted by molar-refractivity contribution is 7.89. The third-order valence-corrected chi connectivity index (χ3v) is 4.93. The second-order valence-corrected chi connectivity index (χ2v) is 7.00. The Balaban J connectivity index is 0.00000242. The normalized spacial score (nSPS) is 14.3. The molecule has 0 heterocycles. The zero-order valence-electron chi connectivity index (χ0n) is 12.5. The highest BCUT2D eigenvalue weighted by Crippen LogP contribution is 2.25. The standard InChI is InChI=1S/C14H21N3O3S.ClH/c1-10-4-5-12(16-14(18)3-2-8-15)9-13(10)21(19,20)17-11-6-7-11;/h4-5,9,11,17H,2-3,6-8,15H2,1H3,(H,16,18);1H. The fourth-order valence-electron chi connectivity index (χ4n) is 1.94. The average molecular weight is 348 g/mol. The number of benzene rings is 1. The van der Waals surface area contributed by atoms with E-state index in [4.69, 9.17) is 5.73 Å². The average Bonchev–Trinajstić information content (AvgIpc) is 3.21. The fraction of sp³-hybridized carbons (Fsp3) is 0.500. The molecule has 0 bridgehead atoms. The van der Waals surface area contributed by atoms with E-state index in [1.54, 1.807) is 19.1 Å². The number of carbonyl (C=O) groups is 1. The molecule has 0 saturated heterocycles. The quantitative estimate of drug-likeness (QED) is 0.696. The maximum atomic E-state index is 12.3. The Morgan fingerprint density at radius 1 is 1.36 bits per heavy atom. The van der Waals surface area contributed by atoms with Gasteiger partial charge in [0.15, 0.2) is 0 Å². The second kappa shape index (κ2) is 7.92. The summed E-state index contributed by atoms with van der Waals surface area (Å²) in [4.78, 5) is 11.9. The van der Waals surface area contributed by atoms with Gasteiger partial charge in [-0.3, -0.25) is 4.79 Å². The van der Waals surface area contributed by atoms with Gasteiger partial charge in [0.25, 0.3) is 0 Å². The molecule has 4 N–H and O–H groups in total. The zero-order valence-corrected chi connectivity index (χ0v) is 14.1. The summed E-state index contributed by atoms with van der Waals surface area (Å²) in [5.74, 6) is -0.164. The maximum Gasteiger partial charge on any atom is 0.241 e. The molecule has 2 rings (SSSR count). The molecule has 124 valence electrons. The van der Waals surface area contributed by atoms with Crippen molar-refractivity contribution >= 4 is 34.0 Å². The van der Waals surface area contributed by atoms with Crippen LogP contribution in [0.3, 0.4) is 0 Å². The van der Waals surface area contributed by atoms with E-state index in [1.807, 2.05) is 0 Å². The van der Waals surface area contributed by atoms with Gasteiger partial charge in [-0.05, 0) is 50.4 Å². The molecule has 6 nitrogen and oxygen atoms in total. The summed E-state index contributed by atoms with van der Waals surface area (Å²) in [6.07, 6.45) is 2.69. The van der Waals surface area contributed by atoms with E-state index in [9.17, 15) is 13.2 Å². The van der Waals surface area contributed by atoms with Gasteiger partial charge in [-0.25, -0.2) is 13.1 Å². The second-order valence-electron chi connectivity index (χ2n) is 5.32. The number of sulfonamides is 1. The number of hydrogen-bond acceptors (Lipinski definition) is 4. The number of carbonyl (C=O) groups excluding carboxylic acids is 1. The van der Waals surface area contributed by atoms with Crippen molar-refractivity contribution in [1.82, 2.24) is 4.72 Å². The van der Waals surface area contributed by atoms with Crippen molar-refractivity contribution in [2.45, 2.75) is 43.5 Å². The van der Waals surface area contributed by atoms with Crippen molar-refractivity contribution in [3.63, 3.8) is 0 Å². The number of rotatable bonds is 7. The number of halogens is 1. The van der Waals surface area contributed by atoms with Crippen LogP contribution in [0.5, 0.6) is 0 Å². The highest BCUT2D eigenvalue weighted by atomic mass is 35.5. The Hall–Kier alpha value is -1.15. The molecule has 0 aromatic heterocycles. The van der Waals surface area contributed by atoms with Crippen LogP contribution >= 0.6 is 12.4 Å². The molecule has 0 unspecified atom stereocenters. The maximum absolute atomic E-state index is 12.3. The van der Waals surface area contributed by atoms with Gasteiger partial charge in [0.05, 0.1) is 4.90 Å². The summed E-state index contributed by atoms with van der Waals surface area (Å²) in [5, 5.41) is 2.70. The van der Waals surface area contributed by atoms with Crippen LogP contribution < -0.4 is 15.8 Å². The Morgan fingerprint density at radius 3 is 2.64 bits per heavy atom. The number of amides is 1. The minimum Gasteiger partial charge on any atom is -0.330 e. The van der Waals surface area contributed by atoms with Crippen molar-refractivity contribution in [2.75, 3.05) is 11.9 Å². The first-order valence-electron chi connectivity index (χ1n) is 7.05. The summed E-state index contributed by atoms with van der Waals surface area (Å²) in [6.45, 7) is 2.19. The molecule has 0 aliphatic heterocycles. The molecule has 0 spiro atoms. The molecule has 1 aliphatic rings. The molecule has 1 aromatic rings. The molecular weight excluding hydrogens is 326 g/mol. The van der Waals surface area contributed by atoms with Crippen LogP contribution in [0.4, 0.5) is 5.69 Å². The monoisotopic (exact) mass is 347 g/mol. The van der Waals surface area contributed by atoms with E-state index in [1.165, 1.54) is 6.07 Å². The first-order valence-corrected chi connectivity index (χ1v) is 8.53. The predicted molar refractivity (Wildman–Crippen MR) is 88.7 cm³/mol. The van der Waals surface area contributed by atoms with Crippen molar-refractivity contribution in [2.24, 2.45) is 5.73 Å². The molecule has 0 atom stereocenters. The van der Waals surface area contributed by atoms with Crippen LogP contribution in [0, 0.1) is 6.92 Å². The minimum atomic E-state index is -3.52. The van der Waals surface area contributed by atoms with Gasteiger partial charge in [0.1, 0.15) is 0 Å². The van der Waals surface area contributed by atoms with Crippen LogP contribution in [-0.4, -0.2) is 26.9 Å². The Labute approximate surface area is 137 Å². The van der Waals surface area contributed by atoms with E-state index in [-0.39, 0.29) is 29.3 Å². The number of hydrogen-bond donors (Lipinski definition) is 3. The van der Waals surface area contributed by atoms with Crippen molar-refractivity contribution < 1.29 is 13.2 Å². The third-order valence-electron chi connectivity index (χ3n) is 3.27. The number of anilines is 1. The van der Waals surface area contributed by atoms with Crippen molar-refractivity contribution in [1.29, 1.82) is 0 Å². The summed E-state index contributed by atoms with van der Waals surface area (Å²) < 4.78 is 27.2. The summed E-state index contributed by atoms with van der Waals surface area (Å²) in [6, 6.07) is 4.95. The Morgan fingerprint density at radius 2 is 2.05 bits per heavy atom. The van der Waals surface area contributed by atoms with Gasteiger partial charge in [0.2, 0.25) is 15.9 Å². The van der Waals surface area contributed by atoms with Crippen molar-refractivity contribution in [3.05, 3.63) is 23.8 Å². The van der Waals surface area contributed by atoms with Gasteiger partial charge >= 0.3 is 0 Å². The largest absolute Gasteiger partial charge is 0.330 e. The lowest BCUT2D eigenvalue weighted by Crippen LogP contribution is -2.26. The topological polar surface area (TPSA) is 101 Å². The molecule has 1 saturated carbocycles. The van der Waals surface area contributed by atoms with Gasteiger partial charge in [0, 0.05) is 18.2 Å². The summed E-state index contributed by atoms with van der Waals surface area (Å²) >= 11 is 0. The van der Waals surface area contributed by atoms with Gasteiger partial charge < -0.3 is 11.1 Å². The van der Waals surface area contributed by atoms with Crippen LogP contribution in [0.25, 0.3) is 0 Å². The van der Waals surface area contributed by atoms with Gasteiger partial charge in [-0.15, -0.1) is 12.4 Å². The first-order chi connectivity index (χ1) is 9.92. The minimum absolute atomic E-state index is 0. The zero-order chi connectivity index (χ0) is 15.5. The first kappa shape index (κ1) is 18.9. The van der Waals surface area contributed by atoms with E-state index >= 15 is 0 Å². The SMILES string of the molecule is Cc1ccc(NC(=O)CCCN)cc1S(=O)(=O)NC1CC1.Cl. The number of aryl methyl sites for hydroxylation is 1. The highest BCUT2D eigenvalue weighted by Gasteiger charge is 2.28. The molecule has 1 fully saturated rings. The molecule has 22 heavy (non-hydrogen) atoms. The van der Waals surface area contributed by atoms with Gasteiger partial charge in [-0.1, -0.05) is 6.07 Å². The third kappa shape index (κ3) is 5.24. The molecular formula is C14H22ClN3O3S. The van der Waals surface area contributed by atoms with Crippen LogP contribution in [0.1, 0.15) is 31.2 Å². The lowest BCUT2D eigenvalue weighted by atomic mass is 10.2. The lowest BCUT2D eigenvalue weighted by molar-refractivity contribution is -0.116. The fourth-order valence-corrected chi connectivity index (χ4v) is 3.51. The summed E-state index contributed by atoms with van der Waals surface area (Å²) in [5.41, 5.74) is 6.50. The van der Waals surface area contributed by atoms with E-state index < -0.39 is 10.0 Å². The summed E-state index contributed by atoms with van der Waals surface area (Å²) in [7, 11) is -3.52. The number of nitrogens with two attached hydrogens (primary N) is 1. The van der Waals surface area contributed by atoms with E-state index in [2.05, 4.69) is 10.0 Å². The lowest BCUT2D eigenvalue weighted by Gasteiger charge is -2.11. The van der Waals surface area contributed by atoms with Crippen LogP contribution in [0.15, 0.2) is 23.1 Å².